The van der Waals surface area contributed by atoms with Crippen LogP contribution in [0.5, 0.6) is 0 Å². The molecule has 19 heavy (non-hydrogen) atoms. The number of aryl methyl sites for hydroxylation is 1. The van der Waals surface area contributed by atoms with Crippen molar-refractivity contribution in [1.82, 2.24) is 5.32 Å². The zero-order chi connectivity index (χ0) is 13.9. The van der Waals surface area contributed by atoms with Crippen LogP contribution in [0.25, 0.3) is 0 Å². The lowest BCUT2D eigenvalue weighted by Crippen LogP contribution is -2.57. The minimum absolute atomic E-state index is 0.146. The molecule has 106 valence electrons. The fourth-order valence-corrected chi connectivity index (χ4v) is 2.93. The Kier molecular flexibility index (Phi) is 4.48. The van der Waals surface area contributed by atoms with Gasteiger partial charge in [-0.05, 0) is 49.9 Å². The molecule has 0 heterocycles. The molecule has 0 radical (unpaired) electrons. The van der Waals surface area contributed by atoms with E-state index in [0.717, 1.165) is 13.1 Å². The smallest absolute Gasteiger partial charge is 0.0633 e. The standard InChI is InChI=1S/C16H26N2O/c1-4-17-16(12-19,14-8-9-14)11-18(3)15-7-5-6-13(2)10-15/h5-7,10,14,17,19H,4,8-9,11-12H2,1-3H3. The van der Waals surface area contributed by atoms with Gasteiger partial charge in [-0.1, -0.05) is 19.1 Å². The molecule has 2 rings (SSSR count). The lowest BCUT2D eigenvalue weighted by Gasteiger charge is -2.37. The first kappa shape index (κ1) is 14.4. The highest BCUT2D eigenvalue weighted by Gasteiger charge is 2.44. The van der Waals surface area contributed by atoms with Crippen LogP contribution in [-0.2, 0) is 0 Å². The predicted octanol–water partition coefficient (Wildman–Crippen LogP) is 2.18. The van der Waals surface area contributed by atoms with Crippen molar-refractivity contribution >= 4 is 5.69 Å². The largest absolute Gasteiger partial charge is 0.394 e. The fourth-order valence-electron chi connectivity index (χ4n) is 2.93. The van der Waals surface area contributed by atoms with Gasteiger partial charge in [-0.15, -0.1) is 0 Å². The van der Waals surface area contributed by atoms with Crippen molar-refractivity contribution in [1.29, 1.82) is 0 Å². The second-order valence-corrected chi connectivity index (χ2v) is 5.81. The van der Waals surface area contributed by atoms with Gasteiger partial charge < -0.3 is 15.3 Å². The Morgan fingerprint density at radius 2 is 2.16 bits per heavy atom. The second-order valence-electron chi connectivity index (χ2n) is 5.81. The number of benzene rings is 1. The van der Waals surface area contributed by atoms with Gasteiger partial charge in [0.05, 0.1) is 12.1 Å². The summed E-state index contributed by atoms with van der Waals surface area (Å²) in [7, 11) is 2.11. The minimum Gasteiger partial charge on any atom is -0.394 e. The molecule has 1 aliphatic rings. The van der Waals surface area contributed by atoms with E-state index in [1.165, 1.54) is 24.1 Å². The number of likely N-dealkylation sites (N-methyl/N-ethyl adjacent to an activating group) is 2. The van der Waals surface area contributed by atoms with Crippen LogP contribution >= 0.6 is 0 Å². The number of hydrogen-bond donors (Lipinski definition) is 2. The maximum atomic E-state index is 9.88. The van der Waals surface area contributed by atoms with Crippen LogP contribution in [0.2, 0.25) is 0 Å². The quantitative estimate of drug-likeness (QED) is 0.790. The summed E-state index contributed by atoms with van der Waals surface area (Å²) < 4.78 is 0. The number of nitrogens with one attached hydrogen (secondary N) is 1. The summed E-state index contributed by atoms with van der Waals surface area (Å²) in [5.41, 5.74) is 2.35. The van der Waals surface area contributed by atoms with Crippen LogP contribution in [0.3, 0.4) is 0 Å². The van der Waals surface area contributed by atoms with Crippen LogP contribution in [0.1, 0.15) is 25.3 Å². The number of aliphatic hydroxyl groups excluding tert-OH is 1. The van der Waals surface area contributed by atoms with E-state index in [9.17, 15) is 5.11 Å². The zero-order valence-electron chi connectivity index (χ0n) is 12.3. The van der Waals surface area contributed by atoms with Crippen LogP contribution < -0.4 is 10.2 Å². The molecule has 1 aromatic carbocycles. The second kappa shape index (κ2) is 5.93. The van der Waals surface area contributed by atoms with E-state index in [1.807, 2.05) is 0 Å². The normalized spacial score (nSPS) is 18.1. The first-order valence-electron chi connectivity index (χ1n) is 7.25. The number of nitrogens with zero attached hydrogens (tertiary/aromatic N) is 1. The van der Waals surface area contributed by atoms with Crippen LogP contribution in [0.15, 0.2) is 24.3 Å². The molecule has 1 atom stereocenters. The molecule has 1 saturated carbocycles. The molecule has 3 heteroatoms. The van der Waals surface area contributed by atoms with Crippen molar-refractivity contribution in [3.63, 3.8) is 0 Å². The highest BCUT2D eigenvalue weighted by molar-refractivity contribution is 5.48. The average Bonchev–Trinajstić information content (AvgIpc) is 3.22. The van der Waals surface area contributed by atoms with Crippen molar-refractivity contribution in [3.8, 4) is 0 Å². The average molecular weight is 262 g/mol. The summed E-state index contributed by atoms with van der Waals surface area (Å²) in [5.74, 6) is 0.615. The van der Waals surface area contributed by atoms with Crippen molar-refractivity contribution in [2.75, 3.05) is 31.6 Å². The van der Waals surface area contributed by atoms with Crippen molar-refractivity contribution in [2.45, 2.75) is 32.2 Å². The van der Waals surface area contributed by atoms with E-state index in [0.29, 0.717) is 5.92 Å². The number of anilines is 1. The summed E-state index contributed by atoms with van der Waals surface area (Å²) in [4.78, 5) is 2.25. The molecule has 0 bridgehead atoms. The Morgan fingerprint density at radius 3 is 2.68 bits per heavy atom. The fraction of sp³-hybridized carbons (Fsp3) is 0.625. The molecule has 0 aliphatic heterocycles. The number of rotatable bonds is 7. The van der Waals surface area contributed by atoms with Gasteiger partial charge in [0, 0.05) is 19.3 Å². The maximum absolute atomic E-state index is 9.88. The first-order chi connectivity index (χ1) is 9.11. The number of aliphatic hydroxyl groups is 1. The Hall–Kier alpha value is -1.06. The van der Waals surface area contributed by atoms with Gasteiger partial charge in [-0.25, -0.2) is 0 Å². The van der Waals surface area contributed by atoms with E-state index in [1.54, 1.807) is 0 Å². The van der Waals surface area contributed by atoms with Crippen LogP contribution in [-0.4, -0.2) is 37.4 Å². The minimum atomic E-state index is -0.146. The van der Waals surface area contributed by atoms with Crippen LogP contribution in [0.4, 0.5) is 5.69 Å². The molecule has 2 N–H and O–H groups in total. The van der Waals surface area contributed by atoms with E-state index in [4.69, 9.17) is 0 Å². The first-order valence-corrected chi connectivity index (χ1v) is 7.25. The summed E-state index contributed by atoms with van der Waals surface area (Å²) >= 11 is 0. The summed E-state index contributed by atoms with van der Waals surface area (Å²) in [6.45, 7) is 6.19. The summed E-state index contributed by atoms with van der Waals surface area (Å²) in [6, 6.07) is 8.53. The Labute approximate surface area is 116 Å². The molecule has 1 aromatic rings. The van der Waals surface area contributed by atoms with Gasteiger partial charge in [-0.3, -0.25) is 0 Å². The van der Waals surface area contributed by atoms with Gasteiger partial charge in [0.2, 0.25) is 0 Å². The van der Waals surface area contributed by atoms with E-state index in [-0.39, 0.29) is 12.1 Å². The summed E-state index contributed by atoms with van der Waals surface area (Å²) in [5, 5.41) is 13.4. The highest BCUT2D eigenvalue weighted by atomic mass is 16.3. The van der Waals surface area contributed by atoms with Gasteiger partial charge in [-0.2, -0.15) is 0 Å². The lowest BCUT2D eigenvalue weighted by molar-refractivity contribution is 0.146. The molecule has 1 fully saturated rings. The predicted molar refractivity (Wildman–Crippen MR) is 80.7 cm³/mol. The van der Waals surface area contributed by atoms with Gasteiger partial charge in [0.1, 0.15) is 0 Å². The van der Waals surface area contributed by atoms with Gasteiger partial charge in [0.15, 0.2) is 0 Å². The Morgan fingerprint density at radius 1 is 1.42 bits per heavy atom. The Balaban J connectivity index is 2.12. The van der Waals surface area contributed by atoms with Crippen molar-refractivity contribution in [3.05, 3.63) is 29.8 Å². The monoisotopic (exact) mass is 262 g/mol. The third-order valence-electron chi connectivity index (χ3n) is 4.13. The molecule has 1 unspecified atom stereocenters. The molecule has 0 amide bonds. The van der Waals surface area contributed by atoms with Crippen molar-refractivity contribution in [2.24, 2.45) is 5.92 Å². The van der Waals surface area contributed by atoms with Gasteiger partial charge >= 0.3 is 0 Å². The molecule has 0 aromatic heterocycles. The van der Waals surface area contributed by atoms with Crippen molar-refractivity contribution < 1.29 is 5.11 Å². The topological polar surface area (TPSA) is 35.5 Å². The van der Waals surface area contributed by atoms with E-state index < -0.39 is 0 Å². The molecule has 0 spiro atoms. The third kappa shape index (κ3) is 3.28. The zero-order valence-corrected chi connectivity index (χ0v) is 12.3. The Bertz CT molecular complexity index is 417. The summed E-state index contributed by atoms with van der Waals surface area (Å²) in [6.07, 6.45) is 2.46. The lowest BCUT2D eigenvalue weighted by atomic mass is 9.93. The highest BCUT2D eigenvalue weighted by Crippen LogP contribution is 2.40. The third-order valence-corrected chi connectivity index (χ3v) is 4.13. The number of hydrogen-bond acceptors (Lipinski definition) is 3. The van der Waals surface area contributed by atoms with Crippen LogP contribution in [0, 0.1) is 12.8 Å². The molecule has 0 saturated heterocycles. The maximum Gasteiger partial charge on any atom is 0.0633 e. The van der Waals surface area contributed by atoms with E-state index in [2.05, 4.69) is 55.4 Å². The molecular weight excluding hydrogens is 236 g/mol. The van der Waals surface area contributed by atoms with E-state index >= 15 is 0 Å². The molecular formula is C16H26N2O. The molecule has 3 nitrogen and oxygen atoms in total. The van der Waals surface area contributed by atoms with Gasteiger partial charge in [0.25, 0.3) is 0 Å². The SMILES string of the molecule is CCNC(CO)(CN(C)c1cccc(C)c1)C1CC1. The molecule has 1 aliphatic carbocycles.